The summed E-state index contributed by atoms with van der Waals surface area (Å²) in [6, 6.07) is 0. The molecule has 0 saturated carbocycles. The van der Waals surface area contributed by atoms with Crippen LogP contribution >= 0.6 is 12.4 Å². The fraction of sp³-hybridized carbons (Fsp3) is 0.929. The van der Waals surface area contributed by atoms with Crippen LogP contribution in [-0.2, 0) is 14.3 Å². The molecule has 0 aromatic carbocycles. The van der Waals surface area contributed by atoms with E-state index < -0.39 is 0 Å². The number of carbonyl (C=O) groups excluding carboxylic acids is 1. The zero-order valence-corrected chi connectivity index (χ0v) is 13.5. The lowest BCUT2D eigenvalue weighted by Gasteiger charge is -2.32. The van der Waals surface area contributed by atoms with Crippen LogP contribution in [0, 0.1) is 5.92 Å². The monoisotopic (exact) mass is 308 g/mol. The number of rotatable bonds is 9. The highest BCUT2D eigenvalue weighted by molar-refractivity contribution is 5.85. The lowest BCUT2D eigenvalue weighted by atomic mass is 9.96. The van der Waals surface area contributed by atoms with E-state index in [1.54, 1.807) is 7.11 Å². The van der Waals surface area contributed by atoms with Crippen LogP contribution in [0.15, 0.2) is 0 Å². The molecule has 1 fully saturated rings. The minimum absolute atomic E-state index is 0. The second kappa shape index (κ2) is 12.4. The normalized spacial score (nSPS) is 16.0. The minimum Gasteiger partial charge on any atom is -0.382 e. The van der Waals surface area contributed by atoms with Gasteiger partial charge in [-0.1, -0.05) is 6.92 Å². The van der Waals surface area contributed by atoms with E-state index in [1.165, 1.54) is 0 Å². The second-order valence-electron chi connectivity index (χ2n) is 4.99. The Morgan fingerprint density at radius 1 is 1.25 bits per heavy atom. The number of nitrogens with zero attached hydrogens (tertiary/aromatic N) is 1. The molecule has 1 aliphatic rings. The van der Waals surface area contributed by atoms with Gasteiger partial charge in [-0.05, 0) is 31.8 Å². The molecule has 1 aliphatic heterocycles. The Morgan fingerprint density at radius 3 is 2.55 bits per heavy atom. The SMILES string of the molecule is CCNCC1CCN(C(=O)CCOCCOC)CC1.Cl. The van der Waals surface area contributed by atoms with E-state index in [4.69, 9.17) is 9.47 Å². The first-order valence-electron chi connectivity index (χ1n) is 7.33. The molecule has 0 radical (unpaired) electrons. The molecule has 0 aromatic heterocycles. The highest BCUT2D eigenvalue weighted by Gasteiger charge is 2.21. The Hall–Kier alpha value is -0.360. The number of likely N-dealkylation sites (tertiary alicyclic amines) is 1. The molecule has 1 saturated heterocycles. The molecular weight excluding hydrogens is 280 g/mol. The molecule has 1 amide bonds. The largest absolute Gasteiger partial charge is 0.382 e. The highest BCUT2D eigenvalue weighted by atomic mass is 35.5. The summed E-state index contributed by atoms with van der Waals surface area (Å²) in [5.74, 6) is 0.946. The van der Waals surface area contributed by atoms with Crippen LogP contribution < -0.4 is 5.32 Å². The van der Waals surface area contributed by atoms with Gasteiger partial charge in [-0.25, -0.2) is 0 Å². The van der Waals surface area contributed by atoms with Gasteiger partial charge in [0.05, 0.1) is 26.2 Å². The van der Waals surface area contributed by atoms with Crippen molar-refractivity contribution in [3.8, 4) is 0 Å². The zero-order valence-electron chi connectivity index (χ0n) is 12.7. The molecule has 1 rings (SSSR count). The van der Waals surface area contributed by atoms with Gasteiger partial charge < -0.3 is 19.7 Å². The highest BCUT2D eigenvalue weighted by Crippen LogP contribution is 2.16. The number of hydrogen-bond donors (Lipinski definition) is 1. The van der Waals surface area contributed by atoms with E-state index in [1.807, 2.05) is 4.90 Å². The smallest absolute Gasteiger partial charge is 0.224 e. The van der Waals surface area contributed by atoms with Crippen molar-refractivity contribution in [1.82, 2.24) is 10.2 Å². The molecule has 0 aromatic rings. The third-order valence-corrected chi connectivity index (χ3v) is 3.54. The van der Waals surface area contributed by atoms with Crippen molar-refractivity contribution < 1.29 is 14.3 Å². The molecule has 0 spiro atoms. The average Bonchev–Trinajstić information content (AvgIpc) is 2.45. The molecule has 0 aliphatic carbocycles. The number of hydrogen-bond acceptors (Lipinski definition) is 4. The van der Waals surface area contributed by atoms with Gasteiger partial charge >= 0.3 is 0 Å². The summed E-state index contributed by atoms with van der Waals surface area (Å²) in [7, 11) is 1.64. The van der Waals surface area contributed by atoms with Crippen molar-refractivity contribution in [3.63, 3.8) is 0 Å². The number of nitrogens with one attached hydrogen (secondary N) is 1. The maximum Gasteiger partial charge on any atom is 0.224 e. The maximum absolute atomic E-state index is 12.0. The van der Waals surface area contributed by atoms with E-state index in [-0.39, 0.29) is 18.3 Å². The lowest BCUT2D eigenvalue weighted by molar-refractivity contribution is -0.133. The minimum atomic E-state index is 0. The zero-order chi connectivity index (χ0) is 13.9. The van der Waals surface area contributed by atoms with Gasteiger partial charge in [0.1, 0.15) is 0 Å². The van der Waals surface area contributed by atoms with E-state index >= 15 is 0 Å². The summed E-state index contributed by atoms with van der Waals surface area (Å²) in [6.07, 6.45) is 2.72. The summed E-state index contributed by atoms with van der Waals surface area (Å²) in [6.45, 7) is 7.68. The van der Waals surface area contributed by atoms with Crippen molar-refractivity contribution >= 4 is 18.3 Å². The number of methoxy groups -OCH3 is 1. The Bertz CT molecular complexity index is 247. The topological polar surface area (TPSA) is 50.8 Å². The molecule has 20 heavy (non-hydrogen) atoms. The summed E-state index contributed by atoms with van der Waals surface area (Å²) in [4.78, 5) is 13.9. The molecule has 0 bridgehead atoms. The standard InChI is InChI=1S/C14H28N2O3.ClH/c1-3-15-12-13-4-7-16(8-5-13)14(17)6-9-19-11-10-18-2;/h13,15H,3-12H2,1-2H3;1H. The number of ether oxygens (including phenoxy) is 2. The van der Waals surface area contributed by atoms with Crippen molar-refractivity contribution in [2.24, 2.45) is 5.92 Å². The Labute approximate surface area is 128 Å². The van der Waals surface area contributed by atoms with Crippen LogP contribution in [0.3, 0.4) is 0 Å². The molecule has 6 heteroatoms. The Kier molecular flexibility index (Phi) is 12.2. The first-order chi connectivity index (χ1) is 9.27. The molecular formula is C14H29ClN2O3. The van der Waals surface area contributed by atoms with Gasteiger partial charge in [-0.2, -0.15) is 0 Å². The van der Waals surface area contributed by atoms with Crippen LogP contribution in [0.25, 0.3) is 0 Å². The first kappa shape index (κ1) is 19.6. The van der Waals surface area contributed by atoms with Gasteiger partial charge in [0.25, 0.3) is 0 Å². The van der Waals surface area contributed by atoms with Gasteiger partial charge in [-0.15, -0.1) is 12.4 Å². The summed E-state index contributed by atoms with van der Waals surface area (Å²) >= 11 is 0. The molecule has 120 valence electrons. The first-order valence-corrected chi connectivity index (χ1v) is 7.33. The lowest BCUT2D eigenvalue weighted by Crippen LogP contribution is -2.41. The van der Waals surface area contributed by atoms with Gasteiger partial charge in [-0.3, -0.25) is 4.79 Å². The number of halogens is 1. The van der Waals surface area contributed by atoms with Crippen LogP contribution in [0.5, 0.6) is 0 Å². The second-order valence-corrected chi connectivity index (χ2v) is 4.99. The average molecular weight is 309 g/mol. The molecule has 1 N–H and O–H groups in total. The van der Waals surface area contributed by atoms with E-state index in [2.05, 4.69) is 12.2 Å². The Morgan fingerprint density at radius 2 is 1.95 bits per heavy atom. The van der Waals surface area contributed by atoms with Gasteiger partial charge in [0, 0.05) is 20.2 Å². The van der Waals surface area contributed by atoms with E-state index in [0.29, 0.717) is 26.2 Å². The van der Waals surface area contributed by atoms with Crippen LogP contribution in [0.4, 0.5) is 0 Å². The van der Waals surface area contributed by atoms with Gasteiger partial charge in [0.15, 0.2) is 0 Å². The molecule has 1 heterocycles. The quantitative estimate of drug-likeness (QED) is 0.653. The number of carbonyl (C=O) groups is 1. The van der Waals surface area contributed by atoms with Crippen molar-refractivity contribution in [2.45, 2.75) is 26.2 Å². The fourth-order valence-corrected chi connectivity index (χ4v) is 2.30. The number of piperidine rings is 1. The summed E-state index contributed by atoms with van der Waals surface area (Å²) < 4.78 is 10.2. The van der Waals surface area contributed by atoms with E-state index in [9.17, 15) is 4.79 Å². The summed E-state index contributed by atoms with van der Waals surface area (Å²) in [5.41, 5.74) is 0. The van der Waals surface area contributed by atoms with Crippen LogP contribution in [0.2, 0.25) is 0 Å². The van der Waals surface area contributed by atoms with Crippen molar-refractivity contribution in [2.75, 3.05) is 53.1 Å². The third kappa shape index (κ3) is 8.04. The van der Waals surface area contributed by atoms with Crippen LogP contribution in [0.1, 0.15) is 26.2 Å². The fourth-order valence-electron chi connectivity index (χ4n) is 2.30. The molecule has 5 nitrogen and oxygen atoms in total. The van der Waals surface area contributed by atoms with E-state index in [0.717, 1.165) is 44.9 Å². The van der Waals surface area contributed by atoms with Crippen LogP contribution in [-0.4, -0.2) is 63.9 Å². The molecule has 0 atom stereocenters. The maximum atomic E-state index is 12.0. The predicted molar refractivity (Wildman–Crippen MR) is 82.4 cm³/mol. The number of amides is 1. The van der Waals surface area contributed by atoms with Gasteiger partial charge in [0.2, 0.25) is 5.91 Å². The van der Waals surface area contributed by atoms with Crippen molar-refractivity contribution in [3.05, 3.63) is 0 Å². The van der Waals surface area contributed by atoms with Crippen molar-refractivity contribution in [1.29, 1.82) is 0 Å². The third-order valence-electron chi connectivity index (χ3n) is 3.54. The molecule has 0 unspecified atom stereocenters. The Balaban J connectivity index is 0.00000361. The predicted octanol–water partition coefficient (Wildman–Crippen LogP) is 1.31. The summed E-state index contributed by atoms with van der Waals surface area (Å²) in [5, 5.41) is 3.38.